The molecule has 1 aromatic rings. The lowest BCUT2D eigenvalue weighted by Gasteiger charge is -2.36. The van der Waals surface area contributed by atoms with Gasteiger partial charge in [0.2, 0.25) is 0 Å². The van der Waals surface area contributed by atoms with Crippen molar-refractivity contribution in [1.82, 2.24) is 9.88 Å². The largest absolute Gasteiger partial charge is 0.346 e. The van der Waals surface area contributed by atoms with Gasteiger partial charge in [-0.3, -0.25) is 4.90 Å². The van der Waals surface area contributed by atoms with Gasteiger partial charge < -0.3 is 10.6 Å². The minimum Gasteiger partial charge on any atom is -0.346 e. The predicted octanol–water partition coefficient (Wildman–Crippen LogP) is 2.03. The topological polar surface area (TPSA) is 45.4 Å². The van der Waals surface area contributed by atoms with E-state index < -0.39 is 0 Å². The maximum Gasteiger partial charge on any atom is 0.185 e. The summed E-state index contributed by atoms with van der Waals surface area (Å²) in [6, 6.07) is 0.282. The fourth-order valence-corrected chi connectivity index (χ4v) is 2.99. The van der Waals surface area contributed by atoms with Crippen molar-refractivity contribution in [3.8, 4) is 0 Å². The molecule has 0 bridgehead atoms. The zero-order chi connectivity index (χ0) is 13.9. The normalized spacial score (nSPS) is 19.7. The second-order valence-electron chi connectivity index (χ2n) is 6.40. The molecule has 5 heteroatoms. The second kappa shape index (κ2) is 6.20. The van der Waals surface area contributed by atoms with Crippen LogP contribution in [-0.4, -0.2) is 48.6 Å². The standard InChI is InChI=1S/C14H26N4S/c1-14(2,3)12(15)4-6-17-7-9-18(10-8-17)13-16-5-11-19-13/h5,11-12H,4,6-10,15H2,1-3H3. The molecule has 0 saturated carbocycles. The molecule has 19 heavy (non-hydrogen) atoms. The number of piperazine rings is 1. The van der Waals surface area contributed by atoms with E-state index in [1.54, 1.807) is 11.3 Å². The Balaban J connectivity index is 1.72. The van der Waals surface area contributed by atoms with Gasteiger partial charge in [-0.2, -0.15) is 0 Å². The van der Waals surface area contributed by atoms with Gasteiger partial charge in [-0.1, -0.05) is 20.8 Å². The molecule has 108 valence electrons. The molecule has 0 aliphatic carbocycles. The predicted molar refractivity (Wildman–Crippen MR) is 82.8 cm³/mol. The lowest BCUT2D eigenvalue weighted by atomic mass is 9.85. The van der Waals surface area contributed by atoms with Crippen LogP contribution < -0.4 is 10.6 Å². The summed E-state index contributed by atoms with van der Waals surface area (Å²) in [5.74, 6) is 0. The Morgan fingerprint density at radius 1 is 1.32 bits per heavy atom. The van der Waals surface area contributed by atoms with E-state index in [2.05, 4.69) is 35.6 Å². The molecule has 0 spiro atoms. The van der Waals surface area contributed by atoms with Crippen molar-refractivity contribution in [1.29, 1.82) is 0 Å². The van der Waals surface area contributed by atoms with Gasteiger partial charge in [0.15, 0.2) is 5.13 Å². The van der Waals surface area contributed by atoms with Crippen molar-refractivity contribution in [2.24, 2.45) is 11.1 Å². The Labute approximate surface area is 120 Å². The van der Waals surface area contributed by atoms with Gasteiger partial charge in [0.05, 0.1) is 0 Å². The van der Waals surface area contributed by atoms with E-state index in [9.17, 15) is 0 Å². The number of anilines is 1. The molecule has 1 aromatic heterocycles. The molecule has 1 aliphatic rings. The molecule has 2 rings (SSSR count). The molecule has 1 fully saturated rings. The summed E-state index contributed by atoms with van der Waals surface area (Å²) < 4.78 is 0. The van der Waals surface area contributed by atoms with E-state index in [4.69, 9.17) is 5.73 Å². The average Bonchev–Trinajstić information content (AvgIpc) is 2.89. The third-order valence-electron chi connectivity index (χ3n) is 3.93. The average molecular weight is 282 g/mol. The maximum atomic E-state index is 6.23. The maximum absolute atomic E-state index is 6.23. The van der Waals surface area contributed by atoms with Crippen LogP contribution in [0.1, 0.15) is 27.2 Å². The van der Waals surface area contributed by atoms with Crippen molar-refractivity contribution in [3.63, 3.8) is 0 Å². The molecule has 1 unspecified atom stereocenters. The lowest BCUT2D eigenvalue weighted by molar-refractivity contribution is 0.219. The van der Waals surface area contributed by atoms with Crippen LogP contribution in [0.15, 0.2) is 11.6 Å². The zero-order valence-corrected chi connectivity index (χ0v) is 13.1. The first-order valence-corrected chi connectivity index (χ1v) is 7.97. The SMILES string of the molecule is CC(C)(C)C(N)CCN1CCN(c2nccs2)CC1. The highest BCUT2D eigenvalue weighted by Gasteiger charge is 2.23. The highest BCUT2D eigenvalue weighted by atomic mass is 32.1. The summed E-state index contributed by atoms with van der Waals surface area (Å²) in [4.78, 5) is 9.28. The molecule has 1 saturated heterocycles. The quantitative estimate of drug-likeness (QED) is 0.918. The van der Waals surface area contributed by atoms with E-state index in [-0.39, 0.29) is 11.5 Å². The fourth-order valence-electron chi connectivity index (χ4n) is 2.29. The smallest absolute Gasteiger partial charge is 0.185 e. The Morgan fingerprint density at radius 3 is 2.53 bits per heavy atom. The van der Waals surface area contributed by atoms with Gasteiger partial charge in [0.1, 0.15) is 0 Å². The third-order valence-corrected chi connectivity index (χ3v) is 4.76. The Kier molecular flexibility index (Phi) is 4.81. The molecule has 2 heterocycles. The number of nitrogens with two attached hydrogens (primary N) is 1. The van der Waals surface area contributed by atoms with Crippen LogP contribution in [0.5, 0.6) is 0 Å². The van der Waals surface area contributed by atoms with Gasteiger partial charge in [-0.25, -0.2) is 4.98 Å². The van der Waals surface area contributed by atoms with Crippen LogP contribution >= 0.6 is 11.3 Å². The first-order chi connectivity index (χ1) is 8.97. The summed E-state index contributed by atoms with van der Waals surface area (Å²) in [6.45, 7) is 12.2. The minimum absolute atomic E-state index is 0.211. The van der Waals surface area contributed by atoms with Crippen molar-refractivity contribution >= 4 is 16.5 Å². The van der Waals surface area contributed by atoms with Gasteiger partial charge in [-0.15, -0.1) is 11.3 Å². The number of nitrogens with zero attached hydrogens (tertiary/aromatic N) is 3. The summed E-state index contributed by atoms with van der Waals surface area (Å²) in [7, 11) is 0. The van der Waals surface area contributed by atoms with Crippen LogP contribution in [0, 0.1) is 5.41 Å². The number of hydrogen-bond acceptors (Lipinski definition) is 5. The van der Waals surface area contributed by atoms with E-state index in [1.807, 2.05) is 11.6 Å². The van der Waals surface area contributed by atoms with Crippen LogP contribution in [0.2, 0.25) is 0 Å². The molecule has 2 N–H and O–H groups in total. The first kappa shape index (κ1) is 14.8. The minimum atomic E-state index is 0.211. The summed E-state index contributed by atoms with van der Waals surface area (Å²) in [6.07, 6.45) is 2.97. The lowest BCUT2D eigenvalue weighted by Crippen LogP contribution is -2.48. The molecular formula is C14H26N4S. The highest BCUT2D eigenvalue weighted by Crippen LogP contribution is 2.21. The molecule has 0 aromatic carbocycles. The summed E-state index contributed by atoms with van der Waals surface area (Å²) in [5, 5.41) is 3.20. The van der Waals surface area contributed by atoms with Gasteiger partial charge in [-0.05, 0) is 18.4 Å². The fraction of sp³-hybridized carbons (Fsp3) is 0.786. The molecule has 4 nitrogen and oxygen atoms in total. The molecular weight excluding hydrogens is 256 g/mol. The highest BCUT2D eigenvalue weighted by molar-refractivity contribution is 7.13. The van der Waals surface area contributed by atoms with E-state index in [0.717, 1.165) is 44.3 Å². The van der Waals surface area contributed by atoms with Crippen molar-refractivity contribution in [2.45, 2.75) is 33.2 Å². The first-order valence-electron chi connectivity index (χ1n) is 7.09. The summed E-state index contributed by atoms with van der Waals surface area (Å²) >= 11 is 1.73. The van der Waals surface area contributed by atoms with Crippen molar-refractivity contribution in [2.75, 3.05) is 37.6 Å². The molecule has 1 atom stereocenters. The number of hydrogen-bond donors (Lipinski definition) is 1. The van der Waals surface area contributed by atoms with Gasteiger partial charge in [0, 0.05) is 43.8 Å². The van der Waals surface area contributed by atoms with Crippen LogP contribution in [-0.2, 0) is 0 Å². The van der Waals surface area contributed by atoms with E-state index in [0.29, 0.717) is 0 Å². The van der Waals surface area contributed by atoms with Crippen molar-refractivity contribution in [3.05, 3.63) is 11.6 Å². The van der Waals surface area contributed by atoms with Gasteiger partial charge >= 0.3 is 0 Å². The monoisotopic (exact) mass is 282 g/mol. The number of aromatic nitrogens is 1. The van der Waals surface area contributed by atoms with Crippen LogP contribution in [0.25, 0.3) is 0 Å². The third kappa shape index (κ3) is 4.16. The number of rotatable bonds is 4. The van der Waals surface area contributed by atoms with E-state index >= 15 is 0 Å². The Morgan fingerprint density at radius 2 is 2.00 bits per heavy atom. The van der Waals surface area contributed by atoms with Crippen molar-refractivity contribution < 1.29 is 0 Å². The Bertz CT molecular complexity index is 363. The number of thiazole rings is 1. The van der Waals surface area contributed by atoms with Crippen LogP contribution in [0.4, 0.5) is 5.13 Å². The summed E-state index contributed by atoms with van der Waals surface area (Å²) in [5.41, 5.74) is 6.44. The Hall–Kier alpha value is -0.650. The second-order valence-corrected chi connectivity index (χ2v) is 7.28. The van der Waals surface area contributed by atoms with E-state index in [1.165, 1.54) is 0 Å². The molecule has 0 amide bonds. The van der Waals surface area contributed by atoms with Gasteiger partial charge in [0.25, 0.3) is 0 Å². The molecule has 1 aliphatic heterocycles. The molecule has 0 radical (unpaired) electrons. The van der Waals surface area contributed by atoms with Crippen LogP contribution in [0.3, 0.4) is 0 Å². The zero-order valence-electron chi connectivity index (χ0n) is 12.3.